The molecule has 1 aromatic carbocycles. The Hall–Kier alpha value is -1.63. The summed E-state index contributed by atoms with van der Waals surface area (Å²) >= 11 is 0. The van der Waals surface area contributed by atoms with Crippen LogP contribution in [0.25, 0.3) is 11.1 Å². The maximum atomic E-state index is 7.95. The van der Waals surface area contributed by atoms with Crippen molar-refractivity contribution in [3.05, 3.63) is 48.0 Å². The van der Waals surface area contributed by atoms with Gasteiger partial charge in [-0.05, 0) is 35.1 Å². The van der Waals surface area contributed by atoms with Crippen LogP contribution in [0.4, 0.5) is 0 Å². The van der Waals surface area contributed by atoms with E-state index in [1.54, 1.807) is 0 Å². The molecule has 0 aromatic heterocycles. The molecule has 0 radical (unpaired) electrons. The van der Waals surface area contributed by atoms with E-state index in [0.717, 1.165) is 17.6 Å². The molecule has 1 atom stereocenters. The first kappa shape index (κ1) is 10.9. The van der Waals surface area contributed by atoms with E-state index < -0.39 is 0 Å². The minimum absolute atomic E-state index is 0.495. The van der Waals surface area contributed by atoms with E-state index in [0.29, 0.717) is 11.6 Å². The Morgan fingerprint density at radius 1 is 1.25 bits per heavy atom. The quantitative estimate of drug-likeness (QED) is 0.759. The lowest BCUT2D eigenvalue weighted by atomic mass is 9.81. The van der Waals surface area contributed by atoms with Crippen LogP contribution in [0.1, 0.15) is 31.4 Å². The second kappa shape index (κ2) is 4.09. The van der Waals surface area contributed by atoms with Crippen molar-refractivity contribution in [1.82, 2.24) is 0 Å². The molecule has 0 spiro atoms. The fourth-order valence-corrected chi connectivity index (χ4v) is 2.09. The van der Waals surface area contributed by atoms with Crippen molar-refractivity contribution < 1.29 is 0 Å². The molecule has 0 heterocycles. The first-order valence-electron chi connectivity index (χ1n) is 5.74. The van der Waals surface area contributed by atoms with Crippen molar-refractivity contribution >= 4 is 16.9 Å². The summed E-state index contributed by atoms with van der Waals surface area (Å²) in [5.74, 6) is 0.495. The van der Waals surface area contributed by atoms with Gasteiger partial charge in [-0.3, -0.25) is 0 Å². The third kappa shape index (κ3) is 1.63. The van der Waals surface area contributed by atoms with Gasteiger partial charge in [-0.2, -0.15) is 0 Å². The number of nitrogens with one attached hydrogen (secondary N) is 1. The molecule has 1 nitrogen and oxygen atoms in total. The largest absolute Gasteiger partial charge is 0.300 e. The number of allylic oxidation sites excluding steroid dienone is 3. The Labute approximate surface area is 97.0 Å². The smallest absolute Gasteiger partial charge is 0.0615 e. The first-order valence-corrected chi connectivity index (χ1v) is 5.74. The van der Waals surface area contributed by atoms with Gasteiger partial charge in [0.1, 0.15) is 0 Å². The summed E-state index contributed by atoms with van der Waals surface area (Å²) in [6.07, 6.45) is 3.07. The van der Waals surface area contributed by atoms with Crippen LogP contribution in [0, 0.1) is 11.3 Å². The molecule has 0 saturated heterocycles. The average molecular weight is 211 g/mol. The van der Waals surface area contributed by atoms with Crippen molar-refractivity contribution in [3.63, 3.8) is 0 Å². The van der Waals surface area contributed by atoms with Gasteiger partial charge in [0, 0.05) is 5.57 Å². The molecule has 1 N–H and O–H groups in total. The third-order valence-corrected chi connectivity index (χ3v) is 3.33. The fraction of sp³-hybridized carbons (Fsp3) is 0.267. The fourth-order valence-electron chi connectivity index (χ4n) is 2.09. The van der Waals surface area contributed by atoms with Crippen LogP contribution >= 0.6 is 0 Å². The second-order valence-electron chi connectivity index (χ2n) is 4.35. The van der Waals surface area contributed by atoms with Gasteiger partial charge < -0.3 is 5.41 Å². The van der Waals surface area contributed by atoms with E-state index in [9.17, 15) is 0 Å². The lowest BCUT2D eigenvalue weighted by molar-refractivity contribution is 0.717. The van der Waals surface area contributed by atoms with E-state index in [4.69, 9.17) is 5.41 Å². The predicted molar refractivity (Wildman–Crippen MR) is 70.6 cm³/mol. The van der Waals surface area contributed by atoms with Gasteiger partial charge in [0.15, 0.2) is 0 Å². The summed E-state index contributed by atoms with van der Waals surface area (Å²) in [7, 11) is 0. The molecule has 0 fully saturated rings. The predicted octanol–water partition coefficient (Wildman–Crippen LogP) is 4.16. The minimum Gasteiger partial charge on any atom is -0.300 e. The van der Waals surface area contributed by atoms with Crippen LogP contribution in [0.2, 0.25) is 0 Å². The highest BCUT2D eigenvalue weighted by molar-refractivity contribution is 6.31. The van der Waals surface area contributed by atoms with Crippen molar-refractivity contribution in [3.8, 4) is 0 Å². The molecule has 0 saturated carbocycles. The van der Waals surface area contributed by atoms with Crippen LogP contribution in [-0.4, -0.2) is 5.71 Å². The SMILES string of the molecule is C=C1C(=N)C=C(C(C)CC)c2ccccc21. The molecule has 82 valence electrons. The lowest BCUT2D eigenvalue weighted by Crippen LogP contribution is -2.10. The van der Waals surface area contributed by atoms with Gasteiger partial charge in [-0.1, -0.05) is 44.7 Å². The molecule has 0 amide bonds. The molecule has 0 aliphatic heterocycles. The topological polar surface area (TPSA) is 23.9 Å². The Bertz CT molecular complexity index is 480. The molecule has 1 aromatic rings. The maximum absolute atomic E-state index is 7.95. The zero-order valence-electron chi connectivity index (χ0n) is 9.88. The molecule has 0 bridgehead atoms. The van der Waals surface area contributed by atoms with Crippen LogP contribution in [0.3, 0.4) is 0 Å². The Balaban J connectivity index is 2.59. The average Bonchev–Trinajstić information content (AvgIpc) is 2.33. The Morgan fingerprint density at radius 3 is 2.50 bits per heavy atom. The number of hydrogen-bond donors (Lipinski definition) is 1. The summed E-state index contributed by atoms with van der Waals surface area (Å²) < 4.78 is 0. The van der Waals surface area contributed by atoms with Crippen molar-refractivity contribution in [2.24, 2.45) is 5.92 Å². The third-order valence-electron chi connectivity index (χ3n) is 3.33. The summed E-state index contributed by atoms with van der Waals surface area (Å²) in [6.45, 7) is 8.38. The van der Waals surface area contributed by atoms with Crippen LogP contribution < -0.4 is 0 Å². The molecule has 1 aliphatic rings. The van der Waals surface area contributed by atoms with Gasteiger partial charge in [0.25, 0.3) is 0 Å². The molecule has 1 aliphatic carbocycles. The van der Waals surface area contributed by atoms with E-state index in [1.165, 1.54) is 11.1 Å². The summed E-state index contributed by atoms with van der Waals surface area (Å²) in [6, 6.07) is 8.25. The van der Waals surface area contributed by atoms with Crippen LogP contribution in [0.5, 0.6) is 0 Å². The van der Waals surface area contributed by atoms with Gasteiger partial charge in [-0.15, -0.1) is 0 Å². The molecule has 16 heavy (non-hydrogen) atoms. The normalized spacial score (nSPS) is 16.8. The lowest BCUT2D eigenvalue weighted by Gasteiger charge is -2.23. The molecule has 2 rings (SSSR count). The maximum Gasteiger partial charge on any atom is 0.0615 e. The standard InChI is InChI=1S/C15H17N/c1-4-10(2)14-9-15(16)11(3)12-7-5-6-8-13(12)14/h5-10,16H,3-4H2,1-2H3. The van der Waals surface area contributed by atoms with Crippen molar-refractivity contribution in [2.45, 2.75) is 20.3 Å². The molecule has 1 heteroatoms. The van der Waals surface area contributed by atoms with E-state index in [1.807, 2.05) is 12.1 Å². The number of fused-ring (bicyclic) bond motifs is 1. The first-order chi connectivity index (χ1) is 7.65. The number of benzene rings is 1. The summed E-state index contributed by atoms with van der Waals surface area (Å²) in [4.78, 5) is 0. The molecular weight excluding hydrogens is 194 g/mol. The molecular formula is C15H17N. The van der Waals surface area contributed by atoms with Gasteiger partial charge in [0.05, 0.1) is 5.71 Å². The van der Waals surface area contributed by atoms with E-state index in [2.05, 4.69) is 38.6 Å². The van der Waals surface area contributed by atoms with Crippen molar-refractivity contribution in [1.29, 1.82) is 5.41 Å². The minimum atomic E-state index is 0.495. The second-order valence-corrected chi connectivity index (χ2v) is 4.35. The highest BCUT2D eigenvalue weighted by Crippen LogP contribution is 2.35. The summed E-state index contributed by atoms with van der Waals surface area (Å²) in [5, 5.41) is 7.95. The van der Waals surface area contributed by atoms with Crippen molar-refractivity contribution in [2.75, 3.05) is 0 Å². The zero-order chi connectivity index (χ0) is 11.7. The van der Waals surface area contributed by atoms with E-state index >= 15 is 0 Å². The highest BCUT2D eigenvalue weighted by Gasteiger charge is 2.20. The Kier molecular flexibility index (Phi) is 2.78. The number of hydrogen-bond acceptors (Lipinski definition) is 1. The monoisotopic (exact) mass is 211 g/mol. The summed E-state index contributed by atoms with van der Waals surface area (Å²) in [5.41, 5.74) is 5.02. The van der Waals surface area contributed by atoms with Gasteiger partial charge in [0.2, 0.25) is 0 Å². The van der Waals surface area contributed by atoms with Crippen LogP contribution in [-0.2, 0) is 0 Å². The van der Waals surface area contributed by atoms with Gasteiger partial charge in [-0.25, -0.2) is 0 Å². The number of rotatable bonds is 2. The molecule has 1 unspecified atom stereocenters. The zero-order valence-corrected chi connectivity index (χ0v) is 9.88. The highest BCUT2D eigenvalue weighted by atomic mass is 14.4. The van der Waals surface area contributed by atoms with Gasteiger partial charge >= 0.3 is 0 Å². The van der Waals surface area contributed by atoms with E-state index in [-0.39, 0.29) is 0 Å². The Morgan fingerprint density at radius 2 is 1.88 bits per heavy atom. The van der Waals surface area contributed by atoms with Crippen LogP contribution in [0.15, 0.2) is 36.9 Å².